The summed E-state index contributed by atoms with van der Waals surface area (Å²) in [4.78, 5) is 23.8. The molecule has 0 radical (unpaired) electrons. The smallest absolute Gasteiger partial charge is 0.408 e. The fourth-order valence-corrected chi connectivity index (χ4v) is 2.81. The Hall–Kier alpha value is -1.70. The third-order valence-electron chi connectivity index (χ3n) is 4.45. The van der Waals surface area contributed by atoms with Crippen molar-refractivity contribution >= 4 is 12.1 Å². The van der Waals surface area contributed by atoms with Crippen LogP contribution in [0.15, 0.2) is 0 Å². The molecule has 1 N–H and O–H groups in total. The van der Waals surface area contributed by atoms with Gasteiger partial charge in [-0.1, -0.05) is 90.4 Å². The lowest BCUT2D eigenvalue weighted by molar-refractivity contribution is -0.146. The van der Waals surface area contributed by atoms with Crippen molar-refractivity contribution in [1.29, 1.82) is 0 Å². The number of carbonyl (C=O) groups excluding carboxylic acids is 2. The fraction of sp³-hybridized carbons (Fsp3) is 0.818. The summed E-state index contributed by atoms with van der Waals surface area (Å²) in [5.74, 6) is 1.83. The average Bonchev–Trinajstić information content (AvgIpc) is 2.67. The maximum atomic E-state index is 12.2. The summed E-state index contributed by atoms with van der Waals surface area (Å²) in [6, 6.07) is -0.668. The zero-order chi connectivity index (χ0) is 20.2. The molecular formula is C22H39NO4. The van der Waals surface area contributed by atoms with Gasteiger partial charge in [0.05, 0.1) is 6.61 Å². The number of rotatable bonds is 17. The fourth-order valence-electron chi connectivity index (χ4n) is 2.81. The largest absolute Gasteiger partial charge is 0.464 e. The van der Waals surface area contributed by atoms with E-state index in [0.717, 1.165) is 25.7 Å². The van der Waals surface area contributed by atoms with Crippen LogP contribution < -0.4 is 5.32 Å². The number of amides is 1. The van der Waals surface area contributed by atoms with Crippen LogP contribution in [0.1, 0.15) is 97.3 Å². The summed E-state index contributed by atoms with van der Waals surface area (Å²) in [5, 5.41) is 2.54. The van der Waals surface area contributed by atoms with E-state index >= 15 is 0 Å². The van der Waals surface area contributed by atoms with Crippen LogP contribution >= 0.6 is 0 Å². The van der Waals surface area contributed by atoms with Gasteiger partial charge in [-0.3, -0.25) is 0 Å². The first kappa shape index (κ1) is 25.3. The summed E-state index contributed by atoms with van der Waals surface area (Å²) >= 11 is 0. The minimum Gasteiger partial charge on any atom is -0.464 e. The second-order valence-corrected chi connectivity index (χ2v) is 6.97. The molecule has 0 fully saturated rings. The molecule has 0 aliphatic heterocycles. The lowest BCUT2D eigenvalue weighted by Crippen LogP contribution is -2.42. The van der Waals surface area contributed by atoms with Crippen molar-refractivity contribution in [3.63, 3.8) is 0 Å². The Bertz CT molecular complexity index is 417. The van der Waals surface area contributed by atoms with Gasteiger partial charge in [-0.25, -0.2) is 9.59 Å². The molecule has 1 amide bonds. The van der Waals surface area contributed by atoms with E-state index < -0.39 is 18.1 Å². The third kappa shape index (κ3) is 16.2. The molecule has 27 heavy (non-hydrogen) atoms. The van der Waals surface area contributed by atoms with Crippen LogP contribution in [0.5, 0.6) is 0 Å². The van der Waals surface area contributed by atoms with E-state index in [2.05, 4.69) is 18.2 Å². The predicted molar refractivity (Wildman–Crippen MR) is 109 cm³/mol. The minimum atomic E-state index is -0.676. The topological polar surface area (TPSA) is 64.6 Å². The molecular weight excluding hydrogens is 342 g/mol. The van der Waals surface area contributed by atoms with E-state index in [0.29, 0.717) is 13.0 Å². The summed E-state index contributed by atoms with van der Waals surface area (Å²) in [5.41, 5.74) is 0. The van der Waals surface area contributed by atoms with Gasteiger partial charge >= 0.3 is 12.1 Å². The molecule has 0 spiro atoms. The quantitative estimate of drug-likeness (QED) is 0.209. The van der Waals surface area contributed by atoms with Crippen LogP contribution in [0.3, 0.4) is 0 Å². The SMILES string of the molecule is C#CCOC(=O)NC(CCCC)C(=O)OCCCCCCCCCCCC. The highest BCUT2D eigenvalue weighted by atomic mass is 16.6. The van der Waals surface area contributed by atoms with Gasteiger partial charge in [0.1, 0.15) is 6.04 Å². The molecule has 0 aliphatic carbocycles. The van der Waals surface area contributed by atoms with Crippen LogP contribution in [-0.2, 0) is 14.3 Å². The molecule has 0 saturated heterocycles. The van der Waals surface area contributed by atoms with E-state index in [1.165, 1.54) is 51.4 Å². The lowest BCUT2D eigenvalue weighted by atomic mass is 10.1. The number of nitrogens with one attached hydrogen (secondary N) is 1. The molecule has 5 nitrogen and oxygen atoms in total. The first-order chi connectivity index (χ1) is 13.2. The molecule has 0 rings (SSSR count). The van der Waals surface area contributed by atoms with Gasteiger partial charge in [0.25, 0.3) is 0 Å². The van der Waals surface area contributed by atoms with Crippen molar-refractivity contribution < 1.29 is 19.1 Å². The summed E-state index contributed by atoms with van der Waals surface area (Å²) in [6.45, 7) is 4.56. The normalized spacial score (nSPS) is 11.4. The average molecular weight is 382 g/mol. The molecule has 1 unspecified atom stereocenters. The van der Waals surface area contributed by atoms with E-state index in [1.807, 2.05) is 6.92 Å². The highest BCUT2D eigenvalue weighted by Gasteiger charge is 2.22. The Balaban J connectivity index is 3.83. The molecule has 0 bridgehead atoms. The van der Waals surface area contributed by atoms with Crippen LogP contribution in [-0.4, -0.2) is 31.3 Å². The zero-order valence-corrected chi connectivity index (χ0v) is 17.4. The van der Waals surface area contributed by atoms with Gasteiger partial charge in [0, 0.05) is 0 Å². The second kappa shape index (κ2) is 19.1. The van der Waals surface area contributed by atoms with Crippen molar-refractivity contribution in [2.24, 2.45) is 0 Å². The lowest BCUT2D eigenvalue weighted by Gasteiger charge is -2.17. The summed E-state index contributed by atoms with van der Waals surface area (Å²) < 4.78 is 10.1. The van der Waals surface area contributed by atoms with E-state index in [-0.39, 0.29) is 6.61 Å². The van der Waals surface area contributed by atoms with Crippen molar-refractivity contribution in [3.8, 4) is 12.3 Å². The third-order valence-corrected chi connectivity index (χ3v) is 4.45. The van der Waals surface area contributed by atoms with E-state index in [1.54, 1.807) is 0 Å². The predicted octanol–water partition coefficient (Wildman–Crippen LogP) is 5.37. The number of ether oxygens (including phenoxy) is 2. The van der Waals surface area contributed by atoms with Crippen molar-refractivity contribution in [3.05, 3.63) is 0 Å². The van der Waals surface area contributed by atoms with Crippen LogP contribution in [0.25, 0.3) is 0 Å². The number of alkyl carbamates (subject to hydrolysis) is 1. The molecule has 0 aromatic heterocycles. The Morgan fingerprint density at radius 2 is 1.41 bits per heavy atom. The van der Waals surface area contributed by atoms with Crippen molar-refractivity contribution in [2.45, 2.75) is 103 Å². The zero-order valence-electron chi connectivity index (χ0n) is 17.4. The maximum absolute atomic E-state index is 12.2. The Labute approximate surface area is 166 Å². The molecule has 1 atom stereocenters. The van der Waals surface area contributed by atoms with Crippen LogP contribution in [0.2, 0.25) is 0 Å². The highest BCUT2D eigenvalue weighted by Crippen LogP contribution is 2.11. The van der Waals surface area contributed by atoms with Crippen LogP contribution in [0, 0.1) is 12.3 Å². The molecule has 0 aliphatic rings. The first-order valence-electron chi connectivity index (χ1n) is 10.7. The molecule has 0 aromatic rings. The second-order valence-electron chi connectivity index (χ2n) is 6.97. The van der Waals surface area contributed by atoms with Crippen molar-refractivity contribution in [1.82, 2.24) is 5.32 Å². The van der Waals surface area contributed by atoms with E-state index in [4.69, 9.17) is 15.9 Å². The number of hydrogen-bond acceptors (Lipinski definition) is 4. The Kier molecular flexibility index (Phi) is 17.9. The number of unbranched alkanes of at least 4 members (excludes halogenated alkanes) is 10. The molecule has 0 saturated carbocycles. The number of esters is 1. The van der Waals surface area contributed by atoms with Gasteiger partial charge in [-0.05, 0) is 12.8 Å². The number of terminal acetylenes is 1. The van der Waals surface area contributed by atoms with Gasteiger partial charge in [0.15, 0.2) is 6.61 Å². The molecule has 156 valence electrons. The number of hydrogen-bond donors (Lipinski definition) is 1. The first-order valence-corrected chi connectivity index (χ1v) is 10.7. The molecule has 0 heterocycles. The Morgan fingerprint density at radius 1 is 0.852 bits per heavy atom. The standard InChI is InChI=1S/C22H39NO4/c1-4-7-9-10-11-12-13-14-15-16-19-26-21(24)20(17-8-5-2)23-22(25)27-18-6-3/h3,20H,4-5,7-19H2,1-2H3,(H,23,25). The summed E-state index contributed by atoms with van der Waals surface area (Å²) in [6.07, 6.45) is 19.0. The maximum Gasteiger partial charge on any atom is 0.408 e. The van der Waals surface area contributed by atoms with Gasteiger partial charge in [-0.15, -0.1) is 6.42 Å². The van der Waals surface area contributed by atoms with Crippen molar-refractivity contribution in [2.75, 3.05) is 13.2 Å². The van der Waals surface area contributed by atoms with Gasteiger partial charge < -0.3 is 14.8 Å². The highest BCUT2D eigenvalue weighted by molar-refractivity contribution is 5.81. The number of carbonyl (C=O) groups is 2. The monoisotopic (exact) mass is 381 g/mol. The summed E-state index contributed by atoms with van der Waals surface area (Å²) in [7, 11) is 0. The molecule has 5 heteroatoms. The Morgan fingerprint density at radius 3 is 1.96 bits per heavy atom. The van der Waals surface area contributed by atoms with E-state index in [9.17, 15) is 9.59 Å². The minimum absolute atomic E-state index is 0.111. The van der Waals surface area contributed by atoms with Crippen LogP contribution in [0.4, 0.5) is 4.79 Å². The molecule has 0 aromatic carbocycles. The van der Waals surface area contributed by atoms with Gasteiger partial charge in [-0.2, -0.15) is 0 Å². The van der Waals surface area contributed by atoms with Gasteiger partial charge in [0.2, 0.25) is 0 Å².